The van der Waals surface area contributed by atoms with Gasteiger partial charge in [-0.1, -0.05) is 6.07 Å². The Kier molecular flexibility index (Phi) is 4.07. The second kappa shape index (κ2) is 5.95. The molecule has 19 heavy (non-hydrogen) atoms. The van der Waals surface area contributed by atoms with Crippen molar-refractivity contribution in [1.29, 1.82) is 0 Å². The average molecular weight is 260 g/mol. The zero-order valence-corrected chi connectivity index (χ0v) is 10.4. The Hall–Kier alpha value is -2.43. The fraction of sp³-hybridized carbons (Fsp3) is 0.143. The van der Waals surface area contributed by atoms with Crippen LogP contribution in [0.15, 0.2) is 42.7 Å². The third kappa shape index (κ3) is 3.28. The van der Waals surface area contributed by atoms with E-state index in [0.717, 1.165) is 11.6 Å². The van der Waals surface area contributed by atoms with Crippen LogP contribution < -0.4 is 5.32 Å². The van der Waals surface area contributed by atoms with Gasteiger partial charge in [0.15, 0.2) is 0 Å². The lowest BCUT2D eigenvalue weighted by Crippen LogP contribution is -2.08. The second-order valence-electron chi connectivity index (χ2n) is 3.90. The molecule has 0 atom stereocenters. The summed E-state index contributed by atoms with van der Waals surface area (Å²) >= 11 is 0. The summed E-state index contributed by atoms with van der Waals surface area (Å²) in [5, 5.41) is 3.06. The maximum atomic E-state index is 13.2. The van der Waals surface area contributed by atoms with Crippen LogP contribution in [0.3, 0.4) is 0 Å². The van der Waals surface area contributed by atoms with Crippen LogP contribution in [-0.2, 0) is 11.3 Å². The summed E-state index contributed by atoms with van der Waals surface area (Å²) < 4.78 is 17.8. The number of anilines is 1. The highest BCUT2D eigenvalue weighted by atomic mass is 19.1. The number of esters is 1. The van der Waals surface area contributed by atoms with Gasteiger partial charge in [0.2, 0.25) is 0 Å². The summed E-state index contributed by atoms with van der Waals surface area (Å²) in [7, 11) is 1.26. The van der Waals surface area contributed by atoms with Crippen LogP contribution in [0.2, 0.25) is 0 Å². The summed E-state index contributed by atoms with van der Waals surface area (Å²) in [6, 6.07) is 7.68. The number of pyridine rings is 1. The van der Waals surface area contributed by atoms with Crippen molar-refractivity contribution in [2.45, 2.75) is 6.54 Å². The molecule has 1 aromatic heterocycles. The Bertz CT molecular complexity index is 573. The molecule has 0 aliphatic heterocycles. The van der Waals surface area contributed by atoms with Crippen molar-refractivity contribution in [2.75, 3.05) is 12.4 Å². The Labute approximate surface area is 110 Å². The minimum atomic E-state index is -0.576. The monoisotopic (exact) mass is 260 g/mol. The SMILES string of the molecule is COC(=O)c1cc(F)ccc1NCc1cccnc1. The van der Waals surface area contributed by atoms with Crippen LogP contribution in [0, 0.1) is 5.82 Å². The molecule has 0 amide bonds. The van der Waals surface area contributed by atoms with Gasteiger partial charge in [-0.3, -0.25) is 4.98 Å². The van der Waals surface area contributed by atoms with E-state index >= 15 is 0 Å². The van der Waals surface area contributed by atoms with E-state index in [4.69, 9.17) is 0 Å². The van der Waals surface area contributed by atoms with Gasteiger partial charge in [-0.2, -0.15) is 0 Å². The number of nitrogens with one attached hydrogen (secondary N) is 1. The van der Waals surface area contributed by atoms with Crippen LogP contribution in [0.1, 0.15) is 15.9 Å². The van der Waals surface area contributed by atoms with Gasteiger partial charge in [0.25, 0.3) is 0 Å². The Balaban J connectivity index is 2.18. The maximum absolute atomic E-state index is 13.2. The minimum Gasteiger partial charge on any atom is -0.465 e. The number of aromatic nitrogens is 1. The van der Waals surface area contributed by atoms with E-state index in [1.54, 1.807) is 12.4 Å². The fourth-order valence-corrected chi connectivity index (χ4v) is 1.65. The molecule has 5 heteroatoms. The number of benzene rings is 1. The molecule has 0 aliphatic carbocycles. The Morgan fingerprint density at radius 2 is 2.26 bits per heavy atom. The smallest absolute Gasteiger partial charge is 0.340 e. The van der Waals surface area contributed by atoms with Crippen molar-refractivity contribution in [2.24, 2.45) is 0 Å². The van der Waals surface area contributed by atoms with Gasteiger partial charge in [0.05, 0.1) is 12.7 Å². The van der Waals surface area contributed by atoms with E-state index in [1.807, 2.05) is 12.1 Å². The molecule has 1 N–H and O–H groups in total. The molecule has 98 valence electrons. The number of carbonyl (C=O) groups excluding carboxylic acids is 1. The number of methoxy groups -OCH3 is 1. The highest BCUT2D eigenvalue weighted by Gasteiger charge is 2.12. The number of nitrogens with zero attached hydrogens (tertiary/aromatic N) is 1. The molecule has 0 saturated carbocycles. The molecule has 1 aromatic carbocycles. The van der Waals surface area contributed by atoms with Crippen molar-refractivity contribution in [3.8, 4) is 0 Å². The Morgan fingerprint density at radius 3 is 2.95 bits per heavy atom. The summed E-state index contributed by atoms with van der Waals surface area (Å²) in [5.74, 6) is -1.06. The fourth-order valence-electron chi connectivity index (χ4n) is 1.65. The summed E-state index contributed by atoms with van der Waals surface area (Å²) in [4.78, 5) is 15.5. The lowest BCUT2D eigenvalue weighted by molar-refractivity contribution is 0.0601. The first kappa shape index (κ1) is 13.0. The number of halogens is 1. The van der Waals surface area contributed by atoms with Crippen LogP contribution in [-0.4, -0.2) is 18.1 Å². The summed E-state index contributed by atoms with van der Waals surface area (Å²) in [5.41, 5.74) is 1.66. The van der Waals surface area contributed by atoms with Crippen molar-refractivity contribution in [3.05, 3.63) is 59.7 Å². The van der Waals surface area contributed by atoms with Crippen LogP contribution in [0.4, 0.5) is 10.1 Å². The normalized spacial score (nSPS) is 10.0. The lowest BCUT2D eigenvalue weighted by Gasteiger charge is -2.10. The summed E-state index contributed by atoms with van der Waals surface area (Å²) in [6.45, 7) is 0.490. The molecule has 2 aromatic rings. The average Bonchev–Trinajstić information content (AvgIpc) is 2.46. The van der Waals surface area contributed by atoms with Gasteiger partial charge in [-0.15, -0.1) is 0 Å². The molecule has 1 heterocycles. The van der Waals surface area contributed by atoms with E-state index in [-0.39, 0.29) is 5.56 Å². The number of hydrogen-bond acceptors (Lipinski definition) is 4. The van der Waals surface area contributed by atoms with Crippen LogP contribution in [0.5, 0.6) is 0 Å². The quantitative estimate of drug-likeness (QED) is 0.858. The highest BCUT2D eigenvalue weighted by molar-refractivity contribution is 5.95. The first-order chi connectivity index (χ1) is 9.20. The van der Waals surface area contributed by atoms with Gasteiger partial charge < -0.3 is 10.1 Å². The van der Waals surface area contributed by atoms with Gasteiger partial charge in [0, 0.05) is 24.6 Å². The first-order valence-electron chi connectivity index (χ1n) is 5.71. The van der Waals surface area contributed by atoms with Crippen LogP contribution in [0.25, 0.3) is 0 Å². The van der Waals surface area contributed by atoms with Gasteiger partial charge >= 0.3 is 5.97 Å². The molecule has 0 aliphatic rings. The van der Waals surface area contributed by atoms with Gasteiger partial charge in [0.1, 0.15) is 5.82 Å². The molecule has 0 saturated heterocycles. The van der Waals surface area contributed by atoms with E-state index in [9.17, 15) is 9.18 Å². The first-order valence-corrected chi connectivity index (χ1v) is 5.71. The number of hydrogen-bond donors (Lipinski definition) is 1. The molecule has 0 spiro atoms. The zero-order valence-electron chi connectivity index (χ0n) is 10.4. The second-order valence-corrected chi connectivity index (χ2v) is 3.90. The van der Waals surface area contributed by atoms with Crippen molar-refractivity contribution < 1.29 is 13.9 Å². The van der Waals surface area contributed by atoms with E-state index in [2.05, 4.69) is 15.0 Å². The molecule has 0 unspecified atom stereocenters. The number of rotatable bonds is 4. The molecule has 0 bridgehead atoms. The molecule has 2 rings (SSSR count). The van der Waals surface area contributed by atoms with Gasteiger partial charge in [-0.05, 0) is 29.8 Å². The molecule has 4 nitrogen and oxygen atoms in total. The molecular weight excluding hydrogens is 247 g/mol. The number of ether oxygens (including phenoxy) is 1. The lowest BCUT2D eigenvalue weighted by atomic mass is 10.1. The molecule has 0 fully saturated rings. The minimum absolute atomic E-state index is 0.173. The topological polar surface area (TPSA) is 51.2 Å². The van der Waals surface area contributed by atoms with Crippen molar-refractivity contribution in [3.63, 3.8) is 0 Å². The van der Waals surface area contributed by atoms with Gasteiger partial charge in [-0.25, -0.2) is 9.18 Å². The van der Waals surface area contributed by atoms with Crippen molar-refractivity contribution in [1.82, 2.24) is 4.98 Å². The van der Waals surface area contributed by atoms with E-state index in [0.29, 0.717) is 12.2 Å². The largest absolute Gasteiger partial charge is 0.465 e. The zero-order chi connectivity index (χ0) is 13.7. The Morgan fingerprint density at radius 1 is 1.42 bits per heavy atom. The number of carbonyl (C=O) groups is 1. The standard InChI is InChI=1S/C14H13FN2O2/c1-19-14(18)12-7-11(15)4-5-13(12)17-9-10-3-2-6-16-8-10/h2-8,17H,9H2,1H3. The third-order valence-electron chi connectivity index (χ3n) is 2.59. The van der Waals surface area contributed by atoms with Crippen LogP contribution >= 0.6 is 0 Å². The maximum Gasteiger partial charge on any atom is 0.340 e. The highest BCUT2D eigenvalue weighted by Crippen LogP contribution is 2.18. The molecule has 0 radical (unpaired) electrons. The summed E-state index contributed by atoms with van der Waals surface area (Å²) in [6.07, 6.45) is 3.40. The third-order valence-corrected chi connectivity index (χ3v) is 2.59. The molecular formula is C14H13FN2O2. The van der Waals surface area contributed by atoms with Crippen molar-refractivity contribution >= 4 is 11.7 Å². The van der Waals surface area contributed by atoms with E-state index < -0.39 is 11.8 Å². The predicted molar refractivity (Wildman–Crippen MR) is 69.3 cm³/mol. The predicted octanol–water partition coefficient (Wildman–Crippen LogP) is 2.62. The van der Waals surface area contributed by atoms with E-state index in [1.165, 1.54) is 19.2 Å².